The maximum Gasteiger partial charge on any atom is 0.251 e. The predicted octanol–water partition coefficient (Wildman–Crippen LogP) is 4.76. The van der Waals surface area contributed by atoms with Gasteiger partial charge in [-0.15, -0.1) is 0 Å². The minimum atomic E-state index is -0.0748. The number of benzene rings is 1. The summed E-state index contributed by atoms with van der Waals surface area (Å²) in [6.45, 7) is 6.75. The summed E-state index contributed by atoms with van der Waals surface area (Å²) in [5, 5.41) is 8.68. The zero-order valence-corrected chi connectivity index (χ0v) is 16.5. The molecule has 2 aromatic heterocycles. The van der Waals surface area contributed by atoms with Crippen molar-refractivity contribution < 1.29 is 4.79 Å². The number of halogens is 1. The van der Waals surface area contributed by atoms with Gasteiger partial charge in [-0.3, -0.25) is 9.69 Å². The molecule has 0 aliphatic carbocycles. The lowest BCUT2D eigenvalue weighted by atomic mass is 10.1. The van der Waals surface area contributed by atoms with E-state index in [-0.39, 0.29) is 11.9 Å². The molecule has 2 heterocycles. The first-order chi connectivity index (χ1) is 12.6. The normalized spacial score (nSPS) is 12.5. The van der Waals surface area contributed by atoms with E-state index in [9.17, 15) is 4.79 Å². The smallest absolute Gasteiger partial charge is 0.251 e. The maximum absolute atomic E-state index is 12.7. The van der Waals surface area contributed by atoms with Gasteiger partial charge in [0, 0.05) is 17.5 Å². The molecule has 0 fully saturated rings. The van der Waals surface area contributed by atoms with Crippen LogP contribution in [0.1, 0.15) is 35.8 Å². The average Bonchev–Trinajstić information content (AvgIpc) is 3.18. The molecule has 26 heavy (non-hydrogen) atoms. The molecule has 1 atom stereocenters. The van der Waals surface area contributed by atoms with Crippen LogP contribution in [0.25, 0.3) is 10.9 Å². The molecule has 0 aliphatic rings. The lowest BCUT2D eigenvalue weighted by Gasteiger charge is -2.29. The van der Waals surface area contributed by atoms with Gasteiger partial charge < -0.3 is 5.32 Å². The van der Waals surface area contributed by atoms with E-state index in [0.29, 0.717) is 17.3 Å². The lowest BCUT2D eigenvalue weighted by Crippen LogP contribution is -2.37. The first-order valence-electron chi connectivity index (χ1n) is 8.73. The van der Waals surface area contributed by atoms with E-state index >= 15 is 0 Å². The Morgan fingerprint density at radius 3 is 2.73 bits per heavy atom. The molecule has 3 rings (SSSR count). The molecule has 0 aliphatic heterocycles. The number of nitrogens with one attached hydrogen (secondary N) is 1. The molecule has 0 saturated heterocycles. The number of hydrogen-bond donors (Lipinski definition) is 1. The minimum absolute atomic E-state index is 0.0748. The van der Waals surface area contributed by atoms with E-state index in [2.05, 4.69) is 45.9 Å². The van der Waals surface area contributed by atoms with E-state index in [4.69, 9.17) is 11.6 Å². The number of thiophene rings is 1. The van der Waals surface area contributed by atoms with Crippen LogP contribution in [0, 0.1) is 0 Å². The van der Waals surface area contributed by atoms with Crippen LogP contribution in [-0.4, -0.2) is 35.4 Å². The van der Waals surface area contributed by atoms with Crippen molar-refractivity contribution >= 4 is 39.7 Å². The van der Waals surface area contributed by atoms with Crippen LogP contribution in [0.2, 0.25) is 5.15 Å². The van der Waals surface area contributed by atoms with Gasteiger partial charge in [-0.2, -0.15) is 11.3 Å². The SMILES string of the molecule is CCN(CC)C(CNC(=O)c1ccc2nc(Cl)ccc2c1)c1ccsc1. The van der Waals surface area contributed by atoms with Gasteiger partial charge in [0.05, 0.1) is 11.6 Å². The van der Waals surface area contributed by atoms with E-state index in [1.807, 2.05) is 18.2 Å². The van der Waals surface area contributed by atoms with Crippen LogP contribution >= 0.6 is 22.9 Å². The number of hydrogen-bond acceptors (Lipinski definition) is 4. The summed E-state index contributed by atoms with van der Waals surface area (Å²) >= 11 is 7.60. The van der Waals surface area contributed by atoms with Gasteiger partial charge in [0.1, 0.15) is 5.15 Å². The second-order valence-electron chi connectivity index (χ2n) is 6.05. The number of rotatable bonds is 7. The lowest BCUT2D eigenvalue weighted by molar-refractivity contribution is 0.0935. The first kappa shape index (κ1) is 18.8. The van der Waals surface area contributed by atoms with Crippen molar-refractivity contribution in [3.8, 4) is 0 Å². The molecule has 0 bridgehead atoms. The average molecular weight is 388 g/mol. The monoisotopic (exact) mass is 387 g/mol. The molecular formula is C20H22ClN3OS. The van der Waals surface area contributed by atoms with Crippen molar-refractivity contribution in [3.63, 3.8) is 0 Å². The molecule has 3 aromatic rings. The Hall–Kier alpha value is -1.95. The highest BCUT2D eigenvalue weighted by Gasteiger charge is 2.19. The summed E-state index contributed by atoms with van der Waals surface area (Å²) in [4.78, 5) is 19.3. The Morgan fingerprint density at radius 1 is 1.23 bits per heavy atom. The second-order valence-corrected chi connectivity index (χ2v) is 7.21. The fraction of sp³-hybridized carbons (Fsp3) is 0.300. The van der Waals surface area contributed by atoms with Crippen molar-refractivity contribution in [2.45, 2.75) is 19.9 Å². The fourth-order valence-corrected chi connectivity index (χ4v) is 3.98. The molecule has 0 radical (unpaired) electrons. The van der Waals surface area contributed by atoms with E-state index < -0.39 is 0 Å². The van der Waals surface area contributed by atoms with Crippen molar-refractivity contribution in [2.24, 2.45) is 0 Å². The molecule has 1 amide bonds. The molecule has 1 N–H and O–H groups in total. The van der Waals surface area contributed by atoms with Crippen molar-refractivity contribution in [1.82, 2.24) is 15.2 Å². The van der Waals surface area contributed by atoms with Crippen LogP contribution in [-0.2, 0) is 0 Å². The standard InChI is InChI=1S/C20H22ClN3OS/c1-3-24(4-2)18(16-9-10-26-13-16)12-22-20(25)15-5-7-17-14(11-15)6-8-19(21)23-17/h5-11,13,18H,3-4,12H2,1-2H3,(H,22,25). The zero-order chi connectivity index (χ0) is 18.5. The summed E-state index contributed by atoms with van der Waals surface area (Å²) in [7, 11) is 0. The van der Waals surface area contributed by atoms with Gasteiger partial charge in [0.2, 0.25) is 0 Å². The molecule has 4 nitrogen and oxygen atoms in total. The summed E-state index contributed by atoms with van der Waals surface area (Å²) in [6, 6.07) is 11.4. The second kappa shape index (κ2) is 8.62. The Balaban J connectivity index is 1.75. The van der Waals surface area contributed by atoms with Crippen LogP contribution < -0.4 is 5.32 Å². The highest BCUT2D eigenvalue weighted by atomic mass is 35.5. The van der Waals surface area contributed by atoms with Crippen molar-refractivity contribution in [2.75, 3.05) is 19.6 Å². The molecule has 1 unspecified atom stereocenters. The number of fused-ring (bicyclic) bond motifs is 1. The van der Waals surface area contributed by atoms with Gasteiger partial charge in [0.15, 0.2) is 0 Å². The Kier molecular flexibility index (Phi) is 6.25. The number of amides is 1. The third-order valence-electron chi connectivity index (χ3n) is 4.55. The number of aromatic nitrogens is 1. The van der Waals surface area contributed by atoms with Crippen molar-refractivity contribution in [3.05, 3.63) is 63.4 Å². The van der Waals surface area contributed by atoms with Gasteiger partial charge in [-0.25, -0.2) is 4.98 Å². The number of carbonyl (C=O) groups excluding carboxylic acids is 1. The molecule has 0 saturated carbocycles. The number of nitrogens with zero attached hydrogens (tertiary/aromatic N) is 2. The molecule has 0 spiro atoms. The molecule has 6 heteroatoms. The third kappa shape index (κ3) is 4.23. The molecular weight excluding hydrogens is 366 g/mol. The van der Waals surface area contributed by atoms with Crippen LogP contribution in [0.5, 0.6) is 0 Å². The van der Waals surface area contributed by atoms with E-state index in [1.165, 1.54) is 5.56 Å². The highest BCUT2D eigenvalue weighted by Crippen LogP contribution is 2.22. The van der Waals surface area contributed by atoms with Gasteiger partial charge in [-0.1, -0.05) is 25.4 Å². The van der Waals surface area contributed by atoms with Crippen LogP contribution in [0.4, 0.5) is 0 Å². The Morgan fingerprint density at radius 2 is 2.04 bits per heavy atom. The van der Waals surface area contributed by atoms with Crippen LogP contribution in [0.15, 0.2) is 47.2 Å². The van der Waals surface area contributed by atoms with Crippen LogP contribution in [0.3, 0.4) is 0 Å². The van der Waals surface area contributed by atoms with Gasteiger partial charge in [0.25, 0.3) is 5.91 Å². The molecule has 1 aromatic carbocycles. The van der Waals surface area contributed by atoms with Gasteiger partial charge in [-0.05, 0) is 65.8 Å². The number of likely N-dealkylation sites (N-methyl/N-ethyl adjacent to an activating group) is 1. The number of carbonyl (C=O) groups is 1. The summed E-state index contributed by atoms with van der Waals surface area (Å²) < 4.78 is 0. The molecule has 136 valence electrons. The Bertz CT molecular complexity index is 878. The summed E-state index contributed by atoms with van der Waals surface area (Å²) in [6.07, 6.45) is 0. The number of pyridine rings is 1. The maximum atomic E-state index is 12.7. The van der Waals surface area contributed by atoms with E-state index in [1.54, 1.807) is 23.5 Å². The largest absolute Gasteiger partial charge is 0.350 e. The first-order valence-corrected chi connectivity index (χ1v) is 10.0. The van der Waals surface area contributed by atoms with E-state index in [0.717, 1.165) is 24.0 Å². The fourth-order valence-electron chi connectivity index (χ4n) is 3.12. The van der Waals surface area contributed by atoms with Gasteiger partial charge >= 0.3 is 0 Å². The summed E-state index contributed by atoms with van der Waals surface area (Å²) in [5.74, 6) is -0.0748. The summed E-state index contributed by atoms with van der Waals surface area (Å²) in [5.41, 5.74) is 2.66. The minimum Gasteiger partial charge on any atom is -0.350 e. The highest BCUT2D eigenvalue weighted by molar-refractivity contribution is 7.08. The predicted molar refractivity (Wildman–Crippen MR) is 109 cm³/mol. The zero-order valence-electron chi connectivity index (χ0n) is 14.9. The third-order valence-corrected chi connectivity index (χ3v) is 5.47. The topological polar surface area (TPSA) is 45.2 Å². The quantitative estimate of drug-likeness (QED) is 0.594. The Labute approximate surface area is 162 Å². The van der Waals surface area contributed by atoms with Crippen molar-refractivity contribution in [1.29, 1.82) is 0 Å².